The van der Waals surface area contributed by atoms with Crippen molar-refractivity contribution in [2.75, 3.05) is 11.1 Å². The van der Waals surface area contributed by atoms with Gasteiger partial charge in [-0.25, -0.2) is 4.98 Å². The first-order valence-electron chi connectivity index (χ1n) is 4.90. The van der Waals surface area contributed by atoms with E-state index in [-0.39, 0.29) is 10.9 Å². The molecule has 0 fully saturated rings. The Morgan fingerprint density at radius 1 is 1.44 bits per heavy atom. The topological polar surface area (TPSA) is 80.9 Å². The van der Waals surface area contributed by atoms with Gasteiger partial charge in [-0.05, 0) is 28.1 Å². The van der Waals surface area contributed by atoms with Gasteiger partial charge in [-0.1, -0.05) is 11.6 Å². The van der Waals surface area contributed by atoms with E-state index in [1.807, 2.05) is 0 Å². The van der Waals surface area contributed by atoms with Crippen LogP contribution in [0.4, 0.5) is 11.5 Å². The maximum Gasteiger partial charge on any atom is 0.258 e. The Hall–Kier alpha value is -1.66. The number of pyridine rings is 2. The Kier molecular flexibility index (Phi) is 3.78. The number of carbonyl (C=O) groups excluding carboxylic acids is 1. The van der Waals surface area contributed by atoms with E-state index in [0.717, 1.165) is 0 Å². The smallest absolute Gasteiger partial charge is 0.258 e. The minimum Gasteiger partial charge on any atom is -0.397 e. The minimum absolute atomic E-state index is 0.279. The molecular weight excluding hydrogens is 320 g/mol. The van der Waals surface area contributed by atoms with Gasteiger partial charge in [0.1, 0.15) is 5.82 Å². The molecule has 1 amide bonds. The molecule has 2 rings (SSSR count). The summed E-state index contributed by atoms with van der Waals surface area (Å²) in [4.78, 5) is 19.8. The number of nitrogens with zero attached hydrogens (tertiary/aromatic N) is 2. The predicted octanol–water partition coefficient (Wildman–Crippen LogP) is 2.73. The van der Waals surface area contributed by atoms with Gasteiger partial charge in [-0.15, -0.1) is 0 Å². The average molecular weight is 328 g/mol. The van der Waals surface area contributed by atoms with Gasteiger partial charge in [0.25, 0.3) is 5.91 Å². The Bertz CT molecular complexity index is 605. The number of anilines is 2. The average Bonchev–Trinajstić information content (AvgIpc) is 2.33. The molecule has 0 bridgehead atoms. The first kappa shape index (κ1) is 12.8. The van der Waals surface area contributed by atoms with Gasteiger partial charge >= 0.3 is 0 Å². The fraction of sp³-hybridized carbons (Fsp3) is 0. The number of nitrogens with two attached hydrogens (primary N) is 1. The van der Waals surface area contributed by atoms with Crippen molar-refractivity contribution in [2.24, 2.45) is 0 Å². The van der Waals surface area contributed by atoms with Crippen molar-refractivity contribution in [1.82, 2.24) is 9.97 Å². The van der Waals surface area contributed by atoms with Crippen molar-refractivity contribution < 1.29 is 4.79 Å². The van der Waals surface area contributed by atoms with Crippen molar-refractivity contribution in [3.05, 3.63) is 45.8 Å². The minimum atomic E-state index is -0.361. The summed E-state index contributed by atoms with van der Waals surface area (Å²) in [7, 11) is 0. The van der Waals surface area contributed by atoms with E-state index in [9.17, 15) is 4.79 Å². The molecule has 0 saturated carbocycles. The largest absolute Gasteiger partial charge is 0.397 e. The van der Waals surface area contributed by atoms with Gasteiger partial charge in [0.15, 0.2) is 0 Å². The molecule has 92 valence electrons. The normalized spacial score (nSPS) is 10.1. The summed E-state index contributed by atoms with van der Waals surface area (Å²) in [5.74, 6) is 0.0162. The van der Waals surface area contributed by atoms with E-state index >= 15 is 0 Å². The molecule has 5 nitrogen and oxygen atoms in total. The van der Waals surface area contributed by atoms with Crippen LogP contribution in [0.25, 0.3) is 0 Å². The van der Waals surface area contributed by atoms with E-state index in [4.69, 9.17) is 17.3 Å². The van der Waals surface area contributed by atoms with Crippen LogP contribution >= 0.6 is 27.5 Å². The molecule has 3 N–H and O–H groups in total. The monoisotopic (exact) mass is 326 g/mol. The molecule has 0 aliphatic rings. The molecule has 7 heteroatoms. The van der Waals surface area contributed by atoms with Crippen LogP contribution < -0.4 is 11.1 Å². The lowest BCUT2D eigenvalue weighted by molar-refractivity contribution is 0.102. The van der Waals surface area contributed by atoms with E-state index in [1.54, 1.807) is 6.07 Å². The highest BCUT2D eigenvalue weighted by molar-refractivity contribution is 9.10. The van der Waals surface area contributed by atoms with E-state index in [2.05, 4.69) is 31.2 Å². The van der Waals surface area contributed by atoms with E-state index in [1.165, 1.54) is 24.7 Å². The SMILES string of the molecule is Nc1cnc(NC(=O)c2ccncc2Cl)c(Br)c1. The van der Waals surface area contributed by atoms with Crippen LogP contribution in [-0.4, -0.2) is 15.9 Å². The standard InChI is InChI=1S/C11H8BrClN4O/c12-8-3-6(14)4-16-10(8)17-11(18)7-1-2-15-5-9(7)13/h1-5H,14H2,(H,16,17,18). The zero-order chi connectivity index (χ0) is 13.1. The second-order valence-electron chi connectivity index (χ2n) is 3.41. The Morgan fingerprint density at radius 3 is 2.89 bits per heavy atom. The number of aromatic nitrogens is 2. The first-order chi connectivity index (χ1) is 8.58. The molecule has 0 aliphatic heterocycles. The lowest BCUT2D eigenvalue weighted by Gasteiger charge is -2.07. The number of hydrogen-bond donors (Lipinski definition) is 2. The summed E-state index contributed by atoms with van der Waals surface area (Å²) in [5.41, 5.74) is 6.39. The maximum absolute atomic E-state index is 12.0. The van der Waals surface area contributed by atoms with Crippen molar-refractivity contribution in [2.45, 2.75) is 0 Å². The highest BCUT2D eigenvalue weighted by Crippen LogP contribution is 2.23. The Labute approximate surface area is 117 Å². The van der Waals surface area contributed by atoms with Crippen molar-refractivity contribution in [3.8, 4) is 0 Å². The molecule has 0 unspecified atom stereocenters. The van der Waals surface area contributed by atoms with Crippen LogP contribution in [0.2, 0.25) is 5.02 Å². The maximum atomic E-state index is 12.0. The number of halogens is 2. The first-order valence-corrected chi connectivity index (χ1v) is 6.07. The van der Waals surface area contributed by atoms with Gasteiger partial charge in [-0.3, -0.25) is 9.78 Å². The third kappa shape index (κ3) is 2.77. The number of amides is 1. The highest BCUT2D eigenvalue weighted by atomic mass is 79.9. The number of hydrogen-bond acceptors (Lipinski definition) is 4. The molecule has 18 heavy (non-hydrogen) atoms. The molecule has 2 heterocycles. The van der Waals surface area contributed by atoms with Gasteiger partial charge in [0.05, 0.1) is 26.9 Å². The molecular formula is C11H8BrClN4O. The lowest BCUT2D eigenvalue weighted by atomic mass is 10.2. The predicted molar refractivity (Wildman–Crippen MR) is 73.5 cm³/mol. The van der Waals surface area contributed by atoms with Crippen molar-refractivity contribution in [1.29, 1.82) is 0 Å². The molecule has 0 aliphatic carbocycles. The molecule has 2 aromatic rings. The molecule has 0 radical (unpaired) electrons. The van der Waals surface area contributed by atoms with Crippen LogP contribution in [0.5, 0.6) is 0 Å². The zero-order valence-corrected chi connectivity index (χ0v) is 11.4. The van der Waals surface area contributed by atoms with Gasteiger partial charge < -0.3 is 11.1 Å². The number of rotatable bonds is 2. The number of nitrogens with one attached hydrogen (secondary N) is 1. The van der Waals surface area contributed by atoms with Crippen LogP contribution in [0, 0.1) is 0 Å². The fourth-order valence-corrected chi connectivity index (χ4v) is 1.95. The van der Waals surface area contributed by atoms with Gasteiger partial charge in [0, 0.05) is 12.4 Å². The quantitative estimate of drug-likeness (QED) is 0.888. The Balaban J connectivity index is 2.24. The molecule has 0 atom stereocenters. The highest BCUT2D eigenvalue weighted by Gasteiger charge is 2.12. The molecule has 2 aromatic heterocycles. The second kappa shape index (κ2) is 5.32. The lowest BCUT2D eigenvalue weighted by Crippen LogP contribution is -2.14. The second-order valence-corrected chi connectivity index (χ2v) is 4.67. The third-order valence-electron chi connectivity index (χ3n) is 2.11. The third-order valence-corrected chi connectivity index (χ3v) is 3.02. The van der Waals surface area contributed by atoms with Crippen molar-refractivity contribution in [3.63, 3.8) is 0 Å². The summed E-state index contributed by atoms with van der Waals surface area (Å²) >= 11 is 9.14. The molecule has 0 spiro atoms. The number of nitrogen functional groups attached to an aromatic ring is 1. The molecule has 0 aromatic carbocycles. The summed E-state index contributed by atoms with van der Waals surface area (Å²) in [5, 5.41) is 2.91. The van der Waals surface area contributed by atoms with Crippen LogP contribution in [0.1, 0.15) is 10.4 Å². The van der Waals surface area contributed by atoms with Crippen LogP contribution in [-0.2, 0) is 0 Å². The van der Waals surface area contributed by atoms with E-state index in [0.29, 0.717) is 21.5 Å². The van der Waals surface area contributed by atoms with Crippen LogP contribution in [0.3, 0.4) is 0 Å². The summed E-state index contributed by atoms with van der Waals surface area (Å²) in [6, 6.07) is 3.18. The van der Waals surface area contributed by atoms with E-state index < -0.39 is 0 Å². The fourth-order valence-electron chi connectivity index (χ4n) is 1.28. The van der Waals surface area contributed by atoms with Gasteiger partial charge in [0.2, 0.25) is 0 Å². The molecule has 0 saturated heterocycles. The summed E-state index contributed by atoms with van der Waals surface area (Å²) in [6.45, 7) is 0. The Morgan fingerprint density at radius 2 is 2.22 bits per heavy atom. The van der Waals surface area contributed by atoms with Crippen LogP contribution in [0.15, 0.2) is 35.2 Å². The number of carbonyl (C=O) groups is 1. The summed E-state index contributed by atoms with van der Waals surface area (Å²) < 4.78 is 0.598. The zero-order valence-electron chi connectivity index (χ0n) is 9.02. The summed E-state index contributed by atoms with van der Waals surface area (Å²) in [6.07, 6.45) is 4.35. The van der Waals surface area contributed by atoms with Gasteiger partial charge in [-0.2, -0.15) is 0 Å². The van der Waals surface area contributed by atoms with Crippen molar-refractivity contribution >= 4 is 44.9 Å².